The summed E-state index contributed by atoms with van der Waals surface area (Å²) in [5.74, 6) is -0.952. The number of Topliss-reactive ketones (excluding diaryl/α,β-unsaturated/α-hetero) is 1. The molecule has 0 aliphatic carbocycles. The van der Waals surface area contributed by atoms with Crippen molar-refractivity contribution in [3.8, 4) is 0 Å². The smallest absolute Gasteiger partial charge is 0.282 e. The largest absolute Gasteiger partial charge is 0.316 e. The zero-order valence-corrected chi connectivity index (χ0v) is 7.33. The molecule has 1 rings (SSSR count). The zero-order chi connectivity index (χ0) is 9.14. The van der Waals surface area contributed by atoms with E-state index in [0.717, 1.165) is 12.8 Å². The third-order valence-electron chi connectivity index (χ3n) is 1.75. The second kappa shape index (κ2) is 3.47. The standard InChI is InChI=1S/C8H12N2O2/c1-3-4-5-10-8(12)7(11)6(2)9-10/h3-5H2,1-2H3. The van der Waals surface area contributed by atoms with Crippen LogP contribution in [0.4, 0.5) is 0 Å². The van der Waals surface area contributed by atoms with Gasteiger partial charge in [-0.05, 0) is 13.3 Å². The lowest BCUT2D eigenvalue weighted by atomic mass is 10.3. The highest BCUT2D eigenvalue weighted by Gasteiger charge is 2.30. The molecule has 0 aromatic rings. The van der Waals surface area contributed by atoms with E-state index in [1.54, 1.807) is 6.92 Å². The van der Waals surface area contributed by atoms with Crippen molar-refractivity contribution >= 4 is 17.4 Å². The van der Waals surface area contributed by atoms with Crippen LogP contribution in [-0.2, 0) is 9.59 Å². The third-order valence-corrected chi connectivity index (χ3v) is 1.75. The van der Waals surface area contributed by atoms with Crippen LogP contribution in [0.2, 0.25) is 0 Å². The molecular formula is C8H12N2O2. The van der Waals surface area contributed by atoms with E-state index in [4.69, 9.17) is 0 Å². The van der Waals surface area contributed by atoms with Gasteiger partial charge in [-0.3, -0.25) is 9.59 Å². The van der Waals surface area contributed by atoms with E-state index in [9.17, 15) is 9.59 Å². The van der Waals surface area contributed by atoms with Crippen LogP contribution in [0.15, 0.2) is 5.10 Å². The zero-order valence-electron chi connectivity index (χ0n) is 7.33. The summed E-state index contributed by atoms with van der Waals surface area (Å²) in [6.45, 7) is 4.14. The number of amides is 1. The summed E-state index contributed by atoms with van der Waals surface area (Å²) < 4.78 is 0. The molecular weight excluding hydrogens is 156 g/mol. The Morgan fingerprint density at radius 1 is 1.42 bits per heavy atom. The van der Waals surface area contributed by atoms with Gasteiger partial charge in [-0.15, -0.1) is 0 Å². The van der Waals surface area contributed by atoms with Crippen molar-refractivity contribution in [1.82, 2.24) is 5.01 Å². The molecule has 1 aliphatic rings. The van der Waals surface area contributed by atoms with Crippen molar-refractivity contribution < 1.29 is 9.59 Å². The van der Waals surface area contributed by atoms with E-state index in [-0.39, 0.29) is 0 Å². The minimum absolute atomic E-state index is 0.302. The molecule has 1 aliphatic heterocycles. The van der Waals surface area contributed by atoms with E-state index in [1.807, 2.05) is 6.92 Å². The normalized spacial score (nSPS) is 17.2. The lowest BCUT2D eigenvalue weighted by Crippen LogP contribution is -2.27. The maximum Gasteiger partial charge on any atom is 0.316 e. The van der Waals surface area contributed by atoms with E-state index < -0.39 is 11.7 Å². The van der Waals surface area contributed by atoms with Gasteiger partial charge in [-0.2, -0.15) is 5.10 Å². The number of rotatable bonds is 3. The Morgan fingerprint density at radius 2 is 2.08 bits per heavy atom. The average Bonchev–Trinajstić information content (AvgIpc) is 2.30. The Bertz CT molecular complexity index is 245. The summed E-state index contributed by atoms with van der Waals surface area (Å²) in [4.78, 5) is 22.0. The predicted octanol–water partition coefficient (Wildman–Crippen LogP) is 0.574. The number of nitrogens with zero attached hydrogens (tertiary/aromatic N) is 2. The molecule has 0 unspecified atom stereocenters. The molecule has 0 saturated carbocycles. The summed E-state index contributed by atoms with van der Waals surface area (Å²) in [6.07, 6.45) is 1.88. The Labute approximate surface area is 71.2 Å². The highest BCUT2D eigenvalue weighted by Crippen LogP contribution is 2.05. The fourth-order valence-corrected chi connectivity index (χ4v) is 1.00. The Morgan fingerprint density at radius 3 is 2.50 bits per heavy atom. The molecule has 0 radical (unpaired) electrons. The van der Waals surface area contributed by atoms with Gasteiger partial charge < -0.3 is 0 Å². The number of carbonyl (C=O) groups is 2. The van der Waals surface area contributed by atoms with Crippen LogP contribution < -0.4 is 0 Å². The molecule has 0 atom stereocenters. The number of unbranched alkanes of at least 4 members (excludes halogenated alkanes) is 1. The van der Waals surface area contributed by atoms with Crippen LogP contribution in [0.3, 0.4) is 0 Å². The van der Waals surface area contributed by atoms with Crippen molar-refractivity contribution in [1.29, 1.82) is 0 Å². The van der Waals surface area contributed by atoms with Crippen molar-refractivity contribution in [2.24, 2.45) is 5.10 Å². The minimum Gasteiger partial charge on any atom is -0.282 e. The van der Waals surface area contributed by atoms with Crippen LogP contribution in [0.5, 0.6) is 0 Å². The first-order chi connectivity index (χ1) is 5.66. The number of hydrazone groups is 1. The molecule has 0 bridgehead atoms. The van der Waals surface area contributed by atoms with Crippen LogP contribution in [0.1, 0.15) is 26.7 Å². The predicted molar refractivity (Wildman–Crippen MR) is 44.7 cm³/mol. The molecule has 4 nitrogen and oxygen atoms in total. The number of hydrogen-bond acceptors (Lipinski definition) is 3. The van der Waals surface area contributed by atoms with Crippen LogP contribution in [0, 0.1) is 0 Å². The lowest BCUT2D eigenvalue weighted by molar-refractivity contribution is -0.139. The van der Waals surface area contributed by atoms with Crippen molar-refractivity contribution in [2.75, 3.05) is 6.54 Å². The van der Waals surface area contributed by atoms with Gasteiger partial charge >= 0.3 is 5.91 Å². The topological polar surface area (TPSA) is 49.7 Å². The molecule has 0 fully saturated rings. The highest BCUT2D eigenvalue weighted by atomic mass is 16.2. The molecule has 1 amide bonds. The van der Waals surface area contributed by atoms with E-state index >= 15 is 0 Å². The monoisotopic (exact) mass is 168 g/mol. The van der Waals surface area contributed by atoms with Crippen LogP contribution in [0.25, 0.3) is 0 Å². The highest BCUT2D eigenvalue weighted by molar-refractivity contribution is 6.66. The molecule has 0 N–H and O–H groups in total. The first-order valence-electron chi connectivity index (χ1n) is 4.08. The van der Waals surface area contributed by atoms with Gasteiger partial charge in [0.2, 0.25) is 0 Å². The van der Waals surface area contributed by atoms with Gasteiger partial charge in [-0.25, -0.2) is 5.01 Å². The summed E-state index contributed by atoms with van der Waals surface area (Å²) in [5, 5.41) is 5.09. The molecule has 66 valence electrons. The van der Waals surface area contributed by atoms with Gasteiger partial charge in [-0.1, -0.05) is 13.3 Å². The molecule has 0 spiro atoms. The first-order valence-corrected chi connectivity index (χ1v) is 4.08. The van der Waals surface area contributed by atoms with Crippen molar-refractivity contribution in [3.63, 3.8) is 0 Å². The van der Waals surface area contributed by atoms with Gasteiger partial charge in [0.15, 0.2) is 0 Å². The fraction of sp³-hybridized carbons (Fsp3) is 0.625. The van der Waals surface area contributed by atoms with E-state index in [1.165, 1.54) is 5.01 Å². The maximum atomic E-state index is 11.1. The molecule has 0 saturated heterocycles. The van der Waals surface area contributed by atoms with Crippen molar-refractivity contribution in [3.05, 3.63) is 0 Å². The summed E-state index contributed by atoms with van der Waals surface area (Å²) in [6, 6.07) is 0. The quantitative estimate of drug-likeness (QED) is 0.578. The molecule has 4 heteroatoms. The minimum atomic E-state index is -0.485. The second-order valence-corrected chi connectivity index (χ2v) is 2.80. The second-order valence-electron chi connectivity index (χ2n) is 2.80. The van der Waals surface area contributed by atoms with Crippen LogP contribution >= 0.6 is 0 Å². The van der Waals surface area contributed by atoms with Gasteiger partial charge in [0.05, 0.1) is 0 Å². The Kier molecular flexibility index (Phi) is 2.58. The molecule has 1 heterocycles. The Hall–Kier alpha value is -1.19. The van der Waals surface area contributed by atoms with Crippen molar-refractivity contribution in [2.45, 2.75) is 26.7 Å². The maximum absolute atomic E-state index is 11.1. The molecule has 0 aromatic heterocycles. The lowest BCUT2D eigenvalue weighted by Gasteiger charge is -2.08. The summed E-state index contributed by atoms with van der Waals surface area (Å²) in [5.41, 5.74) is 0.302. The summed E-state index contributed by atoms with van der Waals surface area (Å²) in [7, 11) is 0. The number of carbonyl (C=O) groups excluding carboxylic acids is 2. The number of ketones is 1. The van der Waals surface area contributed by atoms with Gasteiger partial charge in [0, 0.05) is 6.54 Å². The van der Waals surface area contributed by atoms with Gasteiger partial charge in [0.25, 0.3) is 5.78 Å². The fourth-order valence-electron chi connectivity index (χ4n) is 1.00. The third kappa shape index (κ3) is 1.52. The Balaban J connectivity index is 2.58. The summed E-state index contributed by atoms with van der Waals surface area (Å²) >= 11 is 0. The first kappa shape index (κ1) is 8.90. The number of hydrogen-bond donors (Lipinski definition) is 0. The molecule has 0 aromatic carbocycles. The molecule has 12 heavy (non-hydrogen) atoms. The van der Waals surface area contributed by atoms with E-state index in [0.29, 0.717) is 12.3 Å². The SMILES string of the molecule is CCCCN1N=C(C)C(=O)C1=O. The van der Waals surface area contributed by atoms with E-state index in [2.05, 4.69) is 5.10 Å². The average molecular weight is 168 g/mol. The van der Waals surface area contributed by atoms with Gasteiger partial charge in [0.1, 0.15) is 5.71 Å². The van der Waals surface area contributed by atoms with Crippen LogP contribution in [-0.4, -0.2) is 29.0 Å².